The number of aromatic nitrogens is 1. The maximum Gasteiger partial charge on any atom is 0.331 e. The quantitative estimate of drug-likeness (QED) is 0.0784. The van der Waals surface area contributed by atoms with Gasteiger partial charge < -0.3 is 45.5 Å². The van der Waals surface area contributed by atoms with E-state index in [0.717, 1.165) is 45.8 Å². The van der Waals surface area contributed by atoms with Gasteiger partial charge in [-0.3, -0.25) is 14.4 Å². The zero-order valence-corrected chi connectivity index (χ0v) is 37.8. The fraction of sp³-hybridized carbons (Fsp3) is 0.659. The van der Waals surface area contributed by atoms with Gasteiger partial charge in [0, 0.05) is 66.8 Å². The molecule has 2 bridgehead atoms. The number of nitrogens with zero attached hydrogens (tertiary/aromatic N) is 1. The first-order chi connectivity index (χ1) is 28.3. The summed E-state index contributed by atoms with van der Waals surface area (Å²) in [5.41, 5.74) is 1.79. The number of unbranched alkanes of at least 4 members (excludes halogenated alkanes) is 1. The highest BCUT2D eigenvalue weighted by atomic mass is 79.9. The molecular formula is C41H61BrN6O9S2. The van der Waals surface area contributed by atoms with Crippen molar-refractivity contribution in [2.75, 3.05) is 51.8 Å². The van der Waals surface area contributed by atoms with Gasteiger partial charge in [0.1, 0.15) is 12.2 Å². The monoisotopic (exact) mass is 924 g/mol. The van der Waals surface area contributed by atoms with Gasteiger partial charge in [-0.2, -0.15) is 11.8 Å². The topological polar surface area (TPSA) is 195 Å². The molecule has 4 heterocycles. The predicted octanol–water partition coefficient (Wildman–Crippen LogP) is 4.57. The number of hydrogen-bond acceptors (Lipinski definition) is 13. The van der Waals surface area contributed by atoms with E-state index in [9.17, 15) is 24.0 Å². The lowest BCUT2D eigenvalue weighted by atomic mass is 9.97. The highest BCUT2D eigenvalue weighted by molar-refractivity contribution is 9.11. The minimum atomic E-state index is -0.503. The van der Waals surface area contributed by atoms with Crippen LogP contribution >= 0.6 is 39.0 Å². The Morgan fingerprint density at radius 3 is 2.49 bits per heavy atom. The molecule has 0 radical (unpaired) electrons. The maximum absolute atomic E-state index is 13.1. The van der Waals surface area contributed by atoms with Crippen molar-refractivity contribution in [3.63, 3.8) is 0 Å². The Kier molecular flexibility index (Phi) is 21.4. The molecule has 2 fully saturated rings. The minimum absolute atomic E-state index is 0.00295. The molecular weight excluding hydrogens is 865 g/mol. The number of allylic oxidation sites excluding steroid dienone is 3. The first-order valence-electron chi connectivity index (χ1n) is 20.5. The standard InChI is InChI=1S/C41H61BrN6O9S2/c1-26-8-7-11-38(51)57-31(20-28(3)42)22-37-46-32(24-59-37)27(2)19-30(21-39(52)56-29(4)18-26)45-23-36(50)44-13-15-55-17-16-54-14-12-43-35(49)10-6-5-9-34-40-33(25-58-34)47-41(53)48-40/h7-8,11,20,24,27,29-31,33-34,40,45H,5-6,9-10,12-19,21-23,25H2,1-4H3,(H,43,49)(H,44,50)(H2,47,48,53)/b11-7-,26-8+,28-20+/t27-,29-,30?,31?,33-,34-,40-/m0/s1. The fourth-order valence-electron chi connectivity index (χ4n) is 7.02. The number of cyclic esters (lactones) is 2. The number of halogens is 1. The number of fused-ring (bicyclic) bond motifs is 3. The van der Waals surface area contributed by atoms with Crippen LogP contribution < -0.4 is 26.6 Å². The summed E-state index contributed by atoms with van der Waals surface area (Å²) in [6.07, 6.45) is 10.5. The zero-order chi connectivity index (χ0) is 42.6. The van der Waals surface area contributed by atoms with Crippen LogP contribution in [0.15, 0.2) is 39.7 Å². The largest absolute Gasteiger partial charge is 0.462 e. The Bertz CT molecular complexity index is 1640. The first kappa shape index (κ1) is 48.4. The van der Waals surface area contributed by atoms with E-state index in [4.69, 9.17) is 23.9 Å². The molecule has 2 saturated heterocycles. The number of thioether (sulfide) groups is 1. The molecule has 3 aliphatic heterocycles. The maximum atomic E-state index is 13.1. The number of amides is 4. The first-order valence-corrected chi connectivity index (χ1v) is 23.2. The highest BCUT2D eigenvalue weighted by Gasteiger charge is 2.42. The van der Waals surface area contributed by atoms with Gasteiger partial charge in [0.25, 0.3) is 0 Å². The average molecular weight is 926 g/mol. The molecule has 0 spiro atoms. The number of esters is 2. The number of nitrogens with one attached hydrogen (secondary N) is 5. The number of ether oxygens (including phenoxy) is 4. The molecule has 328 valence electrons. The van der Waals surface area contributed by atoms with Crippen LogP contribution in [0.5, 0.6) is 0 Å². The van der Waals surface area contributed by atoms with Crippen LogP contribution in [0.1, 0.15) is 89.3 Å². The third kappa shape index (κ3) is 18.9. The average Bonchev–Trinajstić information content (AvgIpc) is 3.88. The molecule has 1 aromatic rings. The van der Waals surface area contributed by atoms with Crippen LogP contribution in [0.2, 0.25) is 0 Å². The molecule has 5 N–H and O–H groups in total. The Hall–Kier alpha value is -3.29. The molecule has 1 aromatic heterocycles. The highest BCUT2D eigenvalue weighted by Crippen LogP contribution is 2.33. The van der Waals surface area contributed by atoms with Crippen molar-refractivity contribution >= 4 is 68.8 Å². The molecule has 0 saturated carbocycles. The van der Waals surface area contributed by atoms with E-state index >= 15 is 0 Å². The third-order valence-corrected chi connectivity index (χ3v) is 12.5. The number of carbonyl (C=O) groups is 5. The number of urea groups is 1. The van der Waals surface area contributed by atoms with Crippen LogP contribution in [-0.4, -0.2) is 122 Å². The van der Waals surface area contributed by atoms with Gasteiger partial charge in [-0.25, -0.2) is 14.6 Å². The lowest BCUT2D eigenvalue weighted by Gasteiger charge is -2.22. The molecule has 3 aliphatic rings. The number of hydrogen-bond donors (Lipinski definition) is 5. The van der Waals surface area contributed by atoms with Crippen molar-refractivity contribution in [2.45, 2.75) is 121 Å². The Morgan fingerprint density at radius 1 is 1.00 bits per heavy atom. The van der Waals surface area contributed by atoms with E-state index in [1.165, 1.54) is 17.4 Å². The minimum Gasteiger partial charge on any atom is -0.462 e. The molecule has 59 heavy (non-hydrogen) atoms. The molecule has 4 rings (SSSR count). The van der Waals surface area contributed by atoms with E-state index in [-0.39, 0.29) is 66.9 Å². The lowest BCUT2D eigenvalue weighted by molar-refractivity contribution is -0.149. The van der Waals surface area contributed by atoms with E-state index in [0.29, 0.717) is 70.5 Å². The molecule has 0 aromatic carbocycles. The van der Waals surface area contributed by atoms with Crippen LogP contribution in [0, 0.1) is 0 Å². The van der Waals surface area contributed by atoms with Crippen molar-refractivity contribution in [1.29, 1.82) is 0 Å². The summed E-state index contributed by atoms with van der Waals surface area (Å²) in [5.74, 6) is -0.155. The zero-order valence-electron chi connectivity index (χ0n) is 34.6. The lowest BCUT2D eigenvalue weighted by Crippen LogP contribution is -2.42. The van der Waals surface area contributed by atoms with E-state index in [1.807, 2.05) is 50.9 Å². The van der Waals surface area contributed by atoms with Gasteiger partial charge in [-0.1, -0.05) is 47.0 Å². The van der Waals surface area contributed by atoms with Crippen molar-refractivity contribution in [3.05, 3.63) is 50.4 Å². The second kappa shape index (κ2) is 26.1. The molecule has 7 atom stereocenters. The predicted molar refractivity (Wildman–Crippen MR) is 233 cm³/mol. The number of carbonyl (C=O) groups excluding carboxylic acids is 5. The molecule has 2 unspecified atom stereocenters. The molecule has 15 nitrogen and oxygen atoms in total. The third-order valence-electron chi connectivity index (χ3n) is 9.88. The van der Waals surface area contributed by atoms with Crippen LogP contribution in [-0.2, 0) is 44.5 Å². The van der Waals surface area contributed by atoms with Crippen molar-refractivity contribution in [3.8, 4) is 0 Å². The van der Waals surface area contributed by atoms with E-state index in [2.05, 4.69) is 42.5 Å². The summed E-state index contributed by atoms with van der Waals surface area (Å²) in [4.78, 5) is 66.9. The second-order valence-corrected chi connectivity index (χ2v) is 18.7. The summed E-state index contributed by atoms with van der Waals surface area (Å²) >= 11 is 6.82. The van der Waals surface area contributed by atoms with Crippen LogP contribution in [0.3, 0.4) is 0 Å². The smallest absolute Gasteiger partial charge is 0.331 e. The van der Waals surface area contributed by atoms with Crippen LogP contribution in [0.4, 0.5) is 4.79 Å². The number of thiazole rings is 1. The summed E-state index contributed by atoms with van der Waals surface area (Å²) in [6, 6.07) is -0.0133. The van der Waals surface area contributed by atoms with E-state index < -0.39 is 12.1 Å². The molecule has 4 amide bonds. The van der Waals surface area contributed by atoms with Crippen molar-refractivity contribution in [2.24, 2.45) is 0 Å². The van der Waals surface area contributed by atoms with Gasteiger partial charge >= 0.3 is 18.0 Å². The Labute approximate surface area is 364 Å². The van der Waals surface area contributed by atoms with Gasteiger partial charge in [-0.05, 0) is 50.6 Å². The normalized spacial score (nSPS) is 27.1. The summed E-state index contributed by atoms with van der Waals surface area (Å²) in [5, 5.41) is 18.1. The van der Waals surface area contributed by atoms with Gasteiger partial charge in [0.05, 0.1) is 62.2 Å². The Balaban J connectivity index is 1.11. The second-order valence-electron chi connectivity index (χ2n) is 15.2. The SMILES string of the molecule is C/C(Br)=C\C1Cc2nc(cs2)[C@@H](C)CC(NCC(=O)NCCOCCOCCNC(=O)CCCC[C@@H]2SC[C@@H]3NC(=O)N[C@@H]32)CC(=O)O[C@@H](C)C/C(C)=C/C=C\C(=O)O1. The summed E-state index contributed by atoms with van der Waals surface area (Å²) < 4.78 is 23.4. The van der Waals surface area contributed by atoms with Gasteiger partial charge in [0.15, 0.2) is 0 Å². The van der Waals surface area contributed by atoms with Gasteiger partial charge in [0.2, 0.25) is 11.8 Å². The summed E-state index contributed by atoms with van der Waals surface area (Å²) in [7, 11) is 0. The number of rotatable bonds is 18. The molecule has 18 heteroatoms. The van der Waals surface area contributed by atoms with Crippen molar-refractivity contribution in [1.82, 2.24) is 31.6 Å². The fourth-order valence-corrected chi connectivity index (χ4v) is 9.82. The van der Waals surface area contributed by atoms with E-state index in [1.54, 1.807) is 12.2 Å². The summed E-state index contributed by atoms with van der Waals surface area (Å²) in [6.45, 7) is 9.78. The van der Waals surface area contributed by atoms with Crippen LogP contribution in [0.25, 0.3) is 0 Å². The van der Waals surface area contributed by atoms with Gasteiger partial charge in [-0.15, -0.1) is 11.3 Å². The van der Waals surface area contributed by atoms with Crippen molar-refractivity contribution < 1.29 is 42.9 Å². The molecule has 0 aliphatic carbocycles. The Morgan fingerprint density at radius 2 is 1.75 bits per heavy atom.